The molecule has 0 saturated carbocycles. The molecule has 1 aliphatic heterocycles. The molecule has 1 heterocycles. The lowest BCUT2D eigenvalue weighted by Crippen LogP contribution is -2.47. The summed E-state index contributed by atoms with van der Waals surface area (Å²) in [7, 11) is 0. The number of rotatable bonds is 6. The van der Waals surface area contributed by atoms with Crippen molar-refractivity contribution < 1.29 is 9.53 Å². The number of halogens is 1. The first-order chi connectivity index (χ1) is 11.4. The Morgan fingerprint density at radius 2 is 1.96 bits per heavy atom. The lowest BCUT2D eigenvalue weighted by molar-refractivity contribution is 0.0224. The molecule has 1 aromatic rings. The number of hydrogen-bond acceptors (Lipinski definition) is 3. The summed E-state index contributed by atoms with van der Waals surface area (Å²) in [6.45, 7) is 8.30. The van der Waals surface area contributed by atoms with Crippen molar-refractivity contribution in [3.8, 4) is 0 Å². The van der Waals surface area contributed by atoms with Gasteiger partial charge in [-0.1, -0.05) is 36.8 Å². The number of nitrogens with one attached hydrogen (secondary N) is 1. The topological polar surface area (TPSA) is 41.6 Å². The molecule has 1 amide bonds. The van der Waals surface area contributed by atoms with Gasteiger partial charge in [-0.25, -0.2) is 4.79 Å². The second-order valence-electron chi connectivity index (χ2n) is 7.66. The Kier molecular flexibility index (Phi) is 9.30. The number of amides is 1. The molecule has 0 bridgehead atoms. The fourth-order valence-electron chi connectivity index (χ4n) is 3.05. The van der Waals surface area contributed by atoms with Gasteiger partial charge in [0.25, 0.3) is 0 Å². The van der Waals surface area contributed by atoms with E-state index in [0.29, 0.717) is 6.04 Å². The normalized spacial score (nSPS) is 17.5. The van der Waals surface area contributed by atoms with E-state index in [4.69, 9.17) is 4.74 Å². The van der Waals surface area contributed by atoms with Gasteiger partial charge in [-0.05, 0) is 58.6 Å². The highest BCUT2D eigenvalue weighted by atomic mass is 35.5. The highest BCUT2D eigenvalue weighted by Crippen LogP contribution is 2.14. The number of hydrogen-bond donors (Lipinski definition) is 1. The maximum absolute atomic E-state index is 12.6. The molecule has 2 rings (SSSR count). The van der Waals surface area contributed by atoms with Gasteiger partial charge in [0.2, 0.25) is 0 Å². The van der Waals surface area contributed by atoms with Crippen molar-refractivity contribution in [3.63, 3.8) is 0 Å². The van der Waals surface area contributed by atoms with Gasteiger partial charge in [0.1, 0.15) is 5.60 Å². The van der Waals surface area contributed by atoms with Crippen molar-refractivity contribution in [1.29, 1.82) is 0 Å². The van der Waals surface area contributed by atoms with Crippen LogP contribution in [0.5, 0.6) is 0 Å². The Balaban J connectivity index is 0.00000312. The number of aryl methyl sites for hydroxylation is 1. The number of piperidine rings is 1. The minimum Gasteiger partial charge on any atom is -0.444 e. The average molecular weight is 369 g/mol. The van der Waals surface area contributed by atoms with E-state index in [1.165, 1.54) is 18.4 Å². The lowest BCUT2D eigenvalue weighted by atomic mass is 10.0. The van der Waals surface area contributed by atoms with Crippen LogP contribution in [0.4, 0.5) is 4.79 Å². The van der Waals surface area contributed by atoms with Crippen LogP contribution in [0.3, 0.4) is 0 Å². The van der Waals surface area contributed by atoms with Crippen molar-refractivity contribution in [1.82, 2.24) is 10.2 Å². The Morgan fingerprint density at radius 3 is 2.56 bits per heavy atom. The fraction of sp³-hybridized carbons (Fsp3) is 0.650. The monoisotopic (exact) mass is 368 g/mol. The first kappa shape index (κ1) is 21.8. The van der Waals surface area contributed by atoms with Crippen LogP contribution in [0.2, 0.25) is 0 Å². The standard InChI is InChI=1S/C20H32N2O2.ClH/c1-20(2,3)24-19(23)22(16-18-13-7-8-14-21-18)15-9-12-17-10-5-4-6-11-17;/h4-6,10-11,18,21H,7-9,12-16H2,1-3H3;1H. The zero-order valence-corrected chi connectivity index (χ0v) is 16.6. The summed E-state index contributed by atoms with van der Waals surface area (Å²) in [4.78, 5) is 14.4. The average Bonchev–Trinajstić information content (AvgIpc) is 2.54. The molecule has 1 aromatic carbocycles. The summed E-state index contributed by atoms with van der Waals surface area (Å²) in [5.74, 6) is 0. The smallest absolute Gasteiger partial charge is 0.410 e. The number of ether oxygens (including phenoxy) is 1. The van der Waals surface area contributed by atoms with Crippen LogP contribution in [-0.2, 0) is 11.2 Å². The Hall–Kier alpha value is -1.26. The molecule has 1 atom stereocenters. The lowest BCUT2D eigenvalue weighted by Gasteiger charge is -2.32. The second kappa shape index (κ2) is 10.7. The van der Waals surface area contributed by atoms with Gasteiger partial charge in [0.15, 0.2) is 0 Å². The van der Waals surface area contributed by atoms with Crippen LogP contribution in [0.25, 0.3) is 0 Å². The van der Waals surface area contributed by atoms with Gasteiger partial charge >= 0.3 is 6.09 Å². The van der Waals surface area contributed by atoms with Crippen LogP contribution < -0.4 is 5.32 Å². The molecule has 1 fully saturated rings. The minimum atomic E-state index is -0.450. The summed E-state index contributed by atoms with van der Waals surface area (Å²) >= 11 is 0. The Morgan fingerprint density at radius 1 is 1.24 bits per heavy atom. The van der Waals surface area contributed by atoms with Gasteiger partial charge in [0, 0.05) is 19.1 Å². The number of carbonyl (C=O) groups excluding carboxylic acids is 1. The van der Waals surface area contributed by atoms with E-state index in [1.54, 1.807) is 0 Å². The van der Waals surface area contributed by atoms with Gasteiger partial charge in [0.05, 0.1) is 0 Å². The van der Waals surface area contributed by atoms with Gasteiger partial charge in [-0.2, -0.15) is 0 Å². The third-order valence-electron chi connectivity index (χ3n) is 4.24. The summed E-state index contributed by atoms with van der Waals surface area (Å²) in [6, 6.07) is 10.8. The molecule has 25 heavy (non-hydrogen) atoms. The first-order valence-corrected chi connectivity index (χ1v) is 9.19. The van der Waals surface area contributed by atoms with E-state index in [9.17, 15) is 4.79 Å². The van der Waals surface area contributed by atoms with E-state index < -0.39 is 5.60 Å². The van der Waals surface area contributed by atoms with Crippen LogP contribution in [0.15, 0.2) is 30.3 Å². The maximum Gasteiger partial charge on any atom is 0.410 e. The molecule has 1 aliphatic rings. The first-order valence-electron chi connectivity index (χ1n) is 9.19. The molecule has 1 N–H and O–H groups in total. The minimum absolute atomic E-state index is 0. The summed E-state index contributed by atoms with van der Waals surface area (Å²) in [5, 5.41) is 3.53. The molecule has 4 nitrogen and oxygen atoms in total. The quantitative estimate of drug-likeness (QED) is 0.808. The Labute approximate surface area is 158 Å². The molecule has 5 heteroatoms. The maximum atomic E-state index is 12.6. The molecule has 1 unspecified atom stereocenters. The molecular formula is C20H33ClN2O2. The molecule has 0 aliphatic carbocycles. The van der Waals surface area contributed by atoms with Gasteiger partial charge in [-0.3, -0.25) is 0 Å². The van der Waals surface area contributed by atoms with Crippen molar-refractivity contribution >= 4 is 18.5 Å². The van der Waals surface area contributed by atoms with Crippen molar-refractivity contribution in [2.24, 2.45) is 0 Å². The highest BCUT2D eigenvalue weighted by molar-refractivity contribution is 5.85. The van der Waals surface area contributed by atoms with Crippen molar-refractivity contribution in [2.45, 2.75) is 64.5 Å². The SMILES string of the molecule is CC(C)(C)OC(=O)N(CCCc1ccccc1)CC1CCCCN1.Cl. The van der Waals surface area contributed by atoms with E-state index in [-0.39, 0.29) is 18.5 Å². The van der Waals surface area contributed by atoms with Gasteiger partial charge in [-0.15, -0.1) is 12.4 Å². The van der Waals surface area contributed by atoms with Crippen molar-refractivity contribution in [3.05, 3.63) is 35.9 Å². The number of carbonyl (C=O) groups is 1. The van der Waals surface area contributed by atoms with E-state index in [2.05, 4.69) is 29.6 Å². The fourth-order valence-corrected chi connectivity index (χ4v) is 3.05. The zero-order valence-electron chi connectivity index (χ0n) is 15.8. The van der Waals surface area contributed by atoms with Crippen LogP contribution in [-0.4, -0.2) is 42.3 Å². The van der Waals surface area contributed by atoms with Crippen LogP contribution in [0.1, 0.15) is 52.0 Å². The summed E-state index contributed by atoms with van der Waals surface area (Å²) in [5.41, 5.74) is 0.867. The van der Waals surface area contributed by atoms with Crippen LogP contribution >= 0.6 is 12.4 Å². The third-order valence-corrected chi connectivity index (χ3v) is 4.24. The molecule has 0 radical (unpaired) electrons. The number of benzene rings is 1. The van der Waals surface area contributed by atoms with Gasteiger partial charge < -0.3 is 15.0 Å². The second-order valence-corrected chi connectivity index (χ2v) is 7.66. The Bertz CT molecular complexity index is 496. The molecular weight excluding hydrogens is 336 g/mol. The predicted molar refractivity (Wildman–Crippen MR) is 105 cm³/mol. The van der Waals surface area contributed by atoms with E-state index in [1.807, 2.05) is 31.7 Å². The molecule has 142 valence electrons. The third kappa shape index (κ3) is 8.59. The molecule has 0 spiro atoms. The highest BCUT2D eigenvalue weighted by Gasteiger charge is 2.25. The van der Waals surface area contributed by atoms with E-state index in [0.717, 1.165) is 38.9 Å². The predicted octanol–water partition coefficient (Wildman–Crippen LogP) is 4.42. The zero-order chi connectivity index (χ0) is 17.4. The summed E-state index contributed by atoms with van der Waals surface area (Å²) in [6.07, 6.45) is 5.36. The van der Waals surface area contributed by atoms with Crippen molar-refractivity contribution in [2.75, 3.05) is 19.6 Å². The van der Waals surface area contributed by atoms with Crippen LogP contribution in [0, 0.1) is 0 Å². The largest absolute Gasteiger partial charge is 0.444 e. The number of nitrogens with zero attached hydrogens (tertiary/aromatic N) is 1. The molecule has 1 saturated heterocycles. The van der Waals surface area contributed by atoms with E-state index >= 15 is 0 Å². The molecule has 0 aromatic heterocycles. The summed E-state index contributed by atoms with van der Waals surface area (Å²) < 4.78 is 5.60.